The van der Waals surface area contributed by atoms with Gasteiger partial charge in [0.25, 0.3) is 0 Å². The van der Waals surface area contributed by atoms with E-state index in [1.165, 1.54) is 0 Å². The van der Waals surface area contributed by atoms with E-state index in [4.69, 9.17) is 10.00 Å². The maximum Gasteiger partial charge on any atom is 0.407 e. The molecule has 0 spiro atoms. The molecule has 0 bridgehead atoms. The molecule has 2 amide bonds. The van der Waals surface area contributed by atoms with E-state index in [0.29, 0.717) is 0 Å². The van der Waals surface area contributed by atoms with Crippen molar-refractivity contribution in [3.63, 3.8) is 0 Å². The SMILES string of the molecule is C[C@@H](NC(=O)CC#N)[C@@H](C)NC(=O)OC(C)(C)C. The number of hydrogen-bond acceptors (Lipinski definition) is 4. The molecule has 0 heterocycles. The lowest BCUT2D eigenvalue weighted by molar-refractivity contribution is -0.120. The van der Waals surface area contributed by atoms with Gasteiger partial charge in [-0.2, -0.15) is 5.26 Å². The molecule has 0 fully saturated rings. The number of ether oxygens (including phenoxy) is 1. The summed E-state index contributed by atoms with van der Waals surface area (Å²) in [5.41, 5.74) is -0.558. The lowest BCUT2D eigenvalue weighted by Gasteiger charge is -2.25. The van der Waals surface area contributed by atoms with Crippen LogP contribution in [0.1, 0.15) is 41.0 Å². The van der Waals surface area contributed by atoms with Crippen LogP contribution in [0, 0.1) is 11.3 Å². The zero-order valence-electron chi connectivity index (χ0n) is 11.5. The molecule has 0 rings (SSSR count). The van der Waals surface area contributed by atoms with Gasteiger partial charge in [-0.3, -0.25) is 4.79 Å². The molecule has 6 nitrogen and oxygen atoms in total. The van der Waals surface area contributed by atoms with Gasteiger partial charge in [0.05, 0.1) is 6.07 Å². The molecular formula is C12H21N3O3. The largest absolute Gasteiger partial charge is 0.444 e. The Morgan fingerprint density at radius 1 is 1.22 bits per heavy atom. The number of amides is 2. The molecule has 0 saturated heterocycles. The van der Waals surface area contributed by atoms with Crippen molar-refractivity contribution in [2.24, 2.45) is 0 Å². The van der Waals surface area contributed by atoms with Gasteiger partial charge < -0.3 is 15.4 Å². The average Bonchev–Trinajstić information content (AvgIpc) is 2.14. The van der Waals surface area contributed by atoms with E-state index in [0.717, 1.165) is 0 Å². The van der Waals surface area contributed by atoms with Gasteiger partial charge >= 0.3 is 6.09 Å². The minimum Gasteiger partial charge on any atom is -0.444 e. The summed E-state index contributed by atoms with van der Waals surface area (Å²) in [6, 6.07) is 1.19. The quantitative estimate of drug-likeness (QED) is 0.792. The Bertz CT molecular complexity index is 341. The van der Waals surface area contributed by atoms with Gasteiger partial charge in [-0.25, -0.2) is 4.79 Å². The monoisotopic (exact) mass is 255 g/mol. The summed E-state index contributed by atoms with van der Waals surface area (Å²) in [5, 5.41) is 13.6. The summed E-state index contributed by atoms with van der Waals surface area (Å²) in [6.07, 6.45) is -0.722. The zero-order valence-corrected chi connectivity index (χ0v) is 11.5. The van der Waals surface area contributed by atoms with Crippen LogP contribution in [0.25, 0.3) is 0 Å². The first-order chi connectivity index (χ1) is 8.15. The molecule has 18 heavy (non-hydrogen) atoms. The van der Waals surface area contributed by atoms with E-state index in [1.54, 1.807) is 40.7 Å². The summed E-state index contributed by atoms with van der Waals surface area (Å²) in [4.78, 5) is 22.7. The molecule has 2 N–H and O–H groups in total. The number of nitriles is 1. The molecule has 0 aromatic carbocycles. The lowest BCUT2D eigenvalue weighted by atomic mass is 10.1. The molecule has 0 saturated carbocycles. The molecule has 0 radical (unpaired) electrons. The van der Waals surface area contributed by atoms with E-state index >= 15 is 0 Å². The van der Waals surface area contributed by atoms with Gasteiger partial charge in [0, 0.05) is 12.1 Å². The van der Waals surface area contributed by atoms with Crippen LogP contribution in [0.2, 0.25) is 0 Å². The Morgan fingerprint density at radius 2 is 1.72 bits per heavy atom. The van der Waals surface area contributed by atoms with Crippen LogP contribution in [0.4, 0.5) is 4.79 Å². The fourth-order valence-electron chi connectivity index (χ4n) is 1.12. The molecule has 2 atom stereocenters. The predicted octanol–water partition coefficient (Wildman–Crippen LogP) is 1.32. The Morgan fingerprint density at radius 3 is 2.17 bits per heavy atom. The van der Waals surface area contributed by atoms with Crippen molar-refractivity contribution < 1.29 is 14.3 Å². The Hall–Kier alpha value is -1.77. The number of rotatable bonds is 4. The van der Waals surface area contributed by atoms with Crippen molar-refractivity contribution in [3.05, 3.63) is 0 Å². The van der Waals surface area contributed by atoms with Crippen LogP contribution in [0.15, 0.2) is 0 Å². The molecule has 102 valence electrons. The standard InChI is InChI=1S/C12H21N3O3/c1-8(14-10(16)6-7-13)9(2)15-11(17)18-12(3,4)5/h8-9H,6H2,1-5H3,(H,14,16)(H,15,17)/t8-,9-/m1/s1. The topological polar surface area (TPSA) is 91.2 Å². The second kappa shape index (κ2) is 6.84. The molecule has 0 aromatic rings. The Kier molecular flexibility index (Phi) is 6.17. The highest BCUT2D eigenvalue weighted by atomic mass is 16.6. The van der Waals surface area contributed by atoms with Crippen LogP contribution >= 0.6 is 0 Å². The normalized spacial score (nSPS) is 14.0. The van der Waals surface area contributed by atoms with Crippen molar-refractivity contribution >= 4 is 12.0 Å². The molecule has 0 aromatic heterocycles. The Labute approximate surface area is 108 Å². The van der Waals surface area contributed by atoms with Gasteiger partial charge in [0.15, 0.2) is 0 Å². The lowest BCUT2D eigenvalue weighted by Crippen LogP contribution is -2.49. The van der Waals surface area contributed by atoms with Crippen LogP contribution in [0.5, 0.6) is 0 Å². The van der Waals surface area contributed by atoms with Gasteiger partial charge in [-0.05, 0) is 34.6 Å². The van der Waals surface area contributed by atoms with Gasteiger partial charge in [-0.1, -0.05) is 0 Å². The van der Waals surface area contributed by atoms with E-state index in [1.807, 2.05) is 0 Å². The molecular weight excluding hydrogens is 234 g/mol. The molecule has 0 aliphatic carbocycles. The number of nitrogens with zero attached hydrogens (tertiary/aromatic N) is 1. The van der Waals surface area contributed by atoms with Crippen LogP contribution in [0.3, 0.4) is 0 Å². The van der Waals surface area contributed by atoms with Crippen molar-refractivity contribution in [3.8, 4) is 6.07 Å². The summed E-state index contributed by atoms with van der Waals surface area (Å²) in [5.74, 6) is -0.358. The smallest absolute Gasteiger partial charge is 0.407 e. The van der Waals surface area contributed by atoms with Gasteiger partial charge in [0.2, 0.25) is 5.91 Å². The van der Waals surface area contributed by atoms with Crippen LogP contribution in [-0.4, -0.2) is 29.7 Å². The summed E-state index contributed by atoms with van der Waals surface area (Å²) >= 11 is 0. The molecule has 6 heteroatoms. The first-order valence-corrected chi connectivity index (χ1v) is 5.81. The summed E-state index contributed by atoms with van der Waals surface area (Å²) < 4.78 is 5.10. The molecule has 0 aliphatic heterocycles. The number of carbonyl (C=O) groups is 2. The van der Waals surface area contributed by atoms with E-state index in [2.05, 4.69) is 10.6 Å². The third-order valence-electron chi connectivity index (χ3n) is 2.12. The van der Waals surface area contributed by atoms with Crippen molar-refractivity contribution in [1.29, 1.82) is 5.26 Å². The highest BCUT2D eigenvalue weighted by molar-refractivity contribution is 5.78. The number of nitrogens with one attached hydrogen (secondary N) is 2. The fraction of sp³-hybridized carbons (Fsp3) is 0.750. The van der Waals surface area contributed by atoms with Crippen LogP contribution in [-0.2, 0) is 9.53 Å². The molecule has 0 aliphatic rings. The van der Waals surface area contributed by atoms with Crippen molar-refractivity contribution in [1.82, 2.24) is 10.6 Å². The maximum absolute atomic E-state index is 11.5. The highest BCUT2D eigenvalue weighted by Crippen LogP contribution is 2.07. The molecule has 0 unspecified atom stereocenters. The minimum absolute atomic E-state index is 0.191. The fourth-order valence-corrected chi connectivity index (χ4v) is 1.12. The number of alkyl carbamates (subject to hydrolysis) is 1. The van der Waals surface area contributed by atoms with Gasteiger partial charge in [0.1, 0.15) is 12.0 Å². The van der Waals surface area contributed by atoms with Gasteiger partial charge in [-0.15, -0.1) is 0 Å². The van der Waals surface area contributed by atoms with E-state index in [-0.39, 0.29) is 24.4 Å². The predicted molar refractivity (Wildman–Crippen MR) is 66.7 cm³/mol. The number of carbonyl (C=O) groups excluding carboxylic acids is 2. The van der Waals surface area contributed by atoms with Crippen molar-refractivity contribution in [2.75, 3.05) is 0 Å². The zero-order chi connectivity index (χ0) is 14.3. The maximum atomic E-state index is 11.5. The Balaban J connectivity index is 4.16. The summed E-state index contributed by atoms with van der Waals surface area (Å²) in [6.45, 7) is 8.82. The second-order valence-corrected chi connectivity index (χ2v) is 5.13. The third kappa shape index (κ3) is 7.49. The van der Waals surface area contributed by atoms with E-state index in [9.17, 15) is 9.59 Å². The minimum atomic E-state index is -0.558. The van der Waals surface area contributed by atoms with E-state index < -0.39 is 11.7 Å². The summed E-state index contributed by atoms with van der Waals surface area (Å²) in [7, 11) is 0. The average molecular weight is 255 g/mol. The van der Waals surface area contributed by atoms with Crippen LogP contribution < -0.4 is 10.6 Å². The highest BCUT2D eigenvalue weighted by Gasteiger charge is 2.21. The third-order valence-corrected chi connectivity index (χ3v) is 2.12. The first-order valence-electron chi connectivity index (χ1n) is 5.81. The first kappa shape index (κ1) is 16.2. The number of hydrogen-bond donors (Lipinski definition) is 2. The van der Waals surface area contributed by atoms with Crippen molar-refractivity contribution in [2.45, 2.75) is 58.7 Å². The second-order valence-electron chi connectivity index (χ2n) is 5.13.